The Kier molecular flexibility index (Phi) is 4.81. The highest BCUT2D eigenvalue weighted by atomic mass is 32.2. The average Bonchev–Trinajstić information content (AvgIpc) is 2.56. The van der Waals surface area contributed by atoms with Gasteiger partial charge in [0, 0.05) is 5.39 Å². The number of hydrogen-bond donors (Lipinski definition) is 2. The number of anilines is 1. The monoisotopic (exact) mass is 359 g/mol. The third-order valence-corrected chi connectivity index (χ3v) is 6.29. The molecule has 2 aromatic rings. The third kappa shape index (κ3) is 3.85. The molecule has 2 atom stereocenters. The molecule has 0 heterocycles. The third-order valence-electron chi connectivity index (χ3n) is 4.54. The van der Waals surface area contributed by atoms with Crippen molar-refractivity contribution < 1.29 is 18.3 Å². The maximum absolute atomic E-state index is 12.9. The average molecular weight is 359 g/mol. The van der Waals surface area contributed by atoms with Crippen LogP contribution < -0.4 is 4.72 Å². The Hall–Kier alpha value is -2.34. The predicted octanol–water partition coefficient (Wildman–Crippen LogP) is 3.56. The van der Waals surface area contributed by atoms with Crippen LogP contribution >= 0.6 is 0 Å². The molecule has 6 heteroatoms. The van der Waals surface area contributed by atoms with Crippen LogP contribution in [0, 0.1) is 5.92 Å². The van der Waals surface area contributed by atoms with Crippen LogP contribution in [0.5, 0.6) is 0 Å². The lowest BCUT2D eigenvalue weighted by atomic mass is 9.98. The summed E-state index contributed by atoms with van der Waals surface area (Å²) in [7, 11) is -3.61. The molecule has 1 aliphatic rings. The SMILES string of the molecule is CC1C=CCC(S(=O)(=O)Nc2c(CC(=O)O)ccc3ccccc23)C1. The molecular weight excluding hydrogens is 338 g/mol. The summed E-state index contributed by atoms with van der Waals surface area (Å²) in [6.07, 6.45) is 4.73. The van der Waals surface area contributed by atoms with E-state index in [9.17, 15) is 13.2 Å². The second-order valence-corrected chi connectivity index (χ2v) is 8.50. The zero-order chi connectivity index (χ0) is 18.0. The minimum Gasteiger partial charge on any atom is -0.481 e. The fraction of sp³-hybridized carbons (Fsp3) is 0.316. The molecule has 1 aliphatic carbocycles. The van der Waals surface area contributed by atoms with E-state index in [1.54, 1.807) is 6.07 Å². The van der Waals surface area contributed by atoms with Gasteiger partial charge in [-0.2, -0.15) is 0 Å². The highest BCUT2D eigenvalue weighted by molar-refractivity contribution is 7.93. The Balaban J connectivity index is 2.04. The number of carbonyl (C=O) groups is 1. The molecule has 0 bridgehead atoms. The molecule has 0 fully saturated rings. The summed E-state index contributed by atoms with van der Waals surface area (Å²) >= 11 is 0. The normalized spacial score (nSPS) is 20.5. The van der Waals surface area contributed by atoms with Crippen molar-refractivity contribution in [1.82, 2.24) is 0 Å². The molecule has 0 radical (unpaired) electrons. The summed E-state index contributed by atoms with van der Waals surface area (Å²) < 4.78 is 28.5. The van der Waals surface area contributed by atoms with E-state index in [-0.39, 0.29) is 12.3 Å². The molecule has 0 saturated heterocycles. The zero-order valence-corrected chi connectivity index (χ0v) is 14.8. The fourth-order valence-electron chi connectivity index (χ4n) is 3.28. The summed E-state index contributed by atoms with van der Waals surface area (Å²) in [5.41, 5.74) is 0.844. The molecule has 0 aromatic heterocycles. The van der Waals surface area contributed by atoms with E-state index in [4.69, 9.17) is 5.11 Å². The van der Waals surface area contributed by atoms with Crippen molar-refractivity contribution >= 4 is 32.5 Å². The molecule has 132 valence electrons. The Morgan fingerprint density at radius 1 is 1.24 bits per heavy atom. The van der Waals surface area contributed by atoms with E-state index in [0.29, 0.717) is 29.5 Å². The van der Waals surface area contributed by atoms with Crippen molar-refractivity contribution in [1.29, 1.82) is 0 Å². The van der Waals surface area contributed by atoms with Crippen LogP contribution in [0.15, 0.2) is 48.6 Å². The van der Waals surface area contributed by atoms with Gasteiger partial charge in [0.15, 0.2) is 0 Å². The van der Waals surface area contributed by atoms with Gasteiger partial charge in [0.05, 0.1) is 17.4 Å². The summed E-state index contributed by atoms with van der Waals surface area (Å²) in [5.74, 6) is -0.786. The smallest absolute Gasteiger partial charge is 0.307 e. The number of carboxylic acid groups (broad SMARTS) is 1. The van der Waals surface area contributed by atoms with Gasteiger partial charge in [-0.25, -0.2) is 8.42 Å². The summed E-state index contributed by atoms with van der Waals surface area (Å²) in [6.45, 7) is 1.99. The predicted molar refractivity (Wildman–Crippen MR) is 99.2 cm³/mol. The molecule has 0 amide bonds. The van der Waals surface area contributed by atoms with Gasteiger partial charge < -0.3 is 5.11 Å². The number of rotatable bonds is 5. The van der Waals surface area contributed by atoms with Crippen molar-refractivity contribution in [2.24, 2.45) is 5.92 Å². The van der Waals surface area contributed by atoms with Gasteiger partial charge in [-0.3, -0.25) is 9.52 Å². The van der Waals surface area contributed by atoms with Crippen LogP contribution in [0.4, 0.5) is 5.69 Å². The van der Waals surface area contributed by atoms with E-state index in [2.05, 4.69) is 4.72 Å². The van der Waals surface area contributed by atoms with Crippen molar-refractivity contribution in [3.63, 3.8) is 0 Å². The number of fused-ring (bicyclic) bond motifs is 1. The van der Waals surface area contributed by atoms with Gasteiger partial charge in [0.2, 0.25) is 10.0 Å². The number of nitrogens with one attached hydrogen (secondary N) is 1. The quantitative estimate of drug-likeness (QED) is 0.800. The lowest BCUT2D eigenvalue weighted by Crippen LogP contribution is -2.31. The molecule has 2 N–H and O–H groups in total. The second-order valence-electron chi connectivity index (χ2n) is 6.54. The first-order valence-electron chi connectivity index (χ1n) is 8.27. The molecule has 0 saturated carbocycles. The summed E-state index contributed by atoms with van der Waals surface area (Å²) in [4.78, 5) is 11.2. The first-order valence-corrected chi connectivity index (χ1v) is 9.82. The van der Waals surface area contributed by atoms with Crippen LogP contribution in [0.2, 0.25) is 0 Å². The first-order chi connectivity index (χ1) is 11.9. The Labute approximate surface area is 147 Å². The molecule has 2 aromatic carbocycles. The van der Waals surface area contributed by atoms with Crippen molar-refractivity contribution in [2.45, 2.75) is 31.4 Å². The first kappa shape index (κ1) is 17.5. The Bertz CT molecular complexity index is 934. The van der Waals surface area contributed by atoms with E-state index < -0.39 is 21.2 Å². The van der Waals surface area contributed by atoms with E-state index >= 15 is 0 Å². The van der Waals surface area contributed by atoms with Crippen LogP contribution in [0.1, 0.15) is 25.3 Å². The standard InChI is InChI=1S/C19H21NO4S/c1-13-5-4-7-16(11-13)25(23,24)20-19-15(12-18(21)22)10-9-14-6-2-3-8-17(14)19/h2-6,8-10,13,16,20H,7,11-12H2,1H3,(H,21,22). The van der Waals surface area contributed by atoms with E-state index in [1.807, 2.05) is 49.4 Å². The van der Waals surface area contributed by atoms with Crippen LogP contribution in [-0.2, 0) is 21.2 Å². The van der Waals surface area contributed by atoms with Crippen molar-refractivity contribution in [2.75, 3.05) is 4.72 Å². The molecule has 3 rings (SSSR count). The number of aliphatic carboxylic acids is 1. The van der Waals surface area contributed by atoms with E-state index in [1.165, 1.54) is 0 Å². The molecule has 5 nitrogen and oxygen atoms in total. The van der Waals surface area contributed by atoms with Crippen LogP contribution in [0.3, 0.4) is 0 Å². The van der Waals surface area contributed by atoms with Gasteiger partial charge in [0.25, 0.3) is 0 Å². The molecule has 25 heavy (non-hydrogen) atoms. The summed E-state index contributed by atoms with van der Waals surface area (Å²) in [5, 5.41) is 10.2. The number of carboxylic acids is 1. The van der Waals surface area contributed by atoms with Crippen LogP contribution in [-0.4, -0.2) is 24.7 Å². The van der Waals surface area contributed by atoms with E-state index in [0.717, 1.165) is 5.39 Å². The Morgan fingerprint density at radius 2 is 2.00 bits per heavy atom. The minimum atomic E-state index is -3.61. The number of allylic oxidation sites excluding steroid dienone is 2. The lowest BCUT2D eigenvalue weighted by molar-refractivity contribution is -0.136. The molecule has 0 spiro atoms. The number of hydrogen-bond acceptors (Lipinski definition) is 3. The van der Waals surface area contributed by atoms with Gasteiger partial charge >= 0.3 is 5.97 Å². The van der Waals surface area contributed by atoms with Crippen molar-refractivity contribution in [3.05, 3.63) is 54.1 Å². The molecule has 0 aliphatic heterocycles. The largest absolute Gasteiger partial charge is 0.481 e. The second kappa shape index (κ2) is 6.88. The topological polar surface area (TPSA) is 83.5 Å². The van der Waals surface area contributed by atoms with Gasteiger partial charge in [-0.05, 0) is 29.7 Å². The highest BCUT2D eigenvalue weighted by Crippen LogP contribution is 2.31. The molecule has 2 unspecified atom stereocenters. The van der Waals surface area contributed by atoms with Gasteiger partial charge in [0.1, 0.15) is 0 Å². The fourth-order valence-corrected chi connectivity index (χ4v) is 4.89. The number of sulfonamides is 1. The number of benzene rings is 2. The minimum absolute atomic E-state index is 0.210. The zero-order valence-electron chi connectivity index (χ0n) is 14.0. The van der Waals surface area contributed by atoms with Crippen molar-refractivity contribution in [3.8, 4) is 0 Å². The lowest BCUT2D eigenvalue weighted by Gasteiger charge is -2.24. The maximum Gasteiger partial charge on any atom is 0.307 e. The maximum atomic E-state index is 12.9. The highest BCUT2D eigenvalue weighted by Gasteiger charge is 2.29. The van der Waals surface area contributed by atoms with Crippen LogP contribution in [0.25, 0.3) is 10.8 Å². The molecular formula is C19H21NO4S. The van der Waals surface area contributed by atoms with Gasteiger partial charge in [-0.1, -0.05) is 55.5 Å². The summed E-state index contributed by atoms with van der Waals surface area (Å²) in [6, 6.07) is 10.9. The Morgan fingerprint density at radius 3 is 2.72 bits per heavy atom. The van der Waals surface area contributed by atoms with Gasteiger partial charge in [-0.15, -0.1) is 0 Å².